The molecule has 0 fully saturated rings. The first-order valence-electron chi connectivity index (χ1n) is 5.61. The lowest BCUT2D eigenvalue weighted by molar-refractivity contribution is 0.802. The van der Waals surface area contributed by atoms with Gasteiger partial charge in [-0.1, -0.05) is 32.4 Å². The minimum Gasteiger partial charge on any atom is -0.256 e. The maximum Gasteiger partial charge on any atom is 0.0720 e. The van der Waals surface area contributed by atoms with Crippen LogP contribution in [0.15, 0.2) is 29.3 Å². The quantitative estimate of drug-likeness (QED) is 0.667. The highest BCUT2D eigenvalue weighted by Crippen LogP contribution is 2.36. The molecule has 1 nitrogen and oxygen atoms in total. The summed E-state index contributed by atoms with van der Waals surface area (Å²) < 4.78 is 0.202. The number of aromatic nitrogens is 1. The summed E-state index contributed by atoms with van der Waals surface area (Å²) >= 11 is 8.07. The molecular weight excluding hydrogens is 250 g/mol. The molecule has 0 atom stereocenters. The first kappa shape index (κ1) is 12.7. The number of benzene rings is 1. The summed E-state index contributed by atoms with van der Waals surface area (Å²) in [4.78, 5) is 5.62. The van der Waals surface area contributed by atoms with E-state index in [1.54, 1.807) is 6.20 Å². The average Bonchev–Trinajstić information content (AvgIpc) is 2.18. The Kier molecular flexibility index (Phi) is 3.37. The van der Waals surface area contributed by atoms with Crippen LogP contribution in [0.1, 0.15) is 26.3 Å². The van der Waals surface area contributed by atoms with E-state index >= 15 is 0 Å². The van der Waals surface area contributed by atoms with Crippen LogP contribution in [-0.4, -0.2) is 9.73 Å². The fourth-order valence-corrected chi connectivity index (χ4v) is 2.95. The van der Waals surface area contributed by atoms with Crippen molar-refractivity contribution in [3.63, 3.8) is 0 Å². The zero-order chi connectivity index (χ0) is 12.6. The molecule has 0 saturated carbocycles. The molecule has 0 amide bonds. The van der Waals surface area contributed by atoms with Gasteiger partial charge in [0, 0.05) is 21.2 Å². The summed E-state index contributed by atoms with van der Waals surface area (Å²) in [5, 5.41) is 1.80. The molecular formula is C14H16ClNS. The SMILES string of the molecule is Cc1cc2nccc(Cl)c2cc1SC(C)(C)C. The average molecular weight is 266 g/mol. The van der Waals surface area contributed by atoms with E-state index < -0.39 is 0 Å². The van der Waals surface area contributed by atoms with Gasteiger partial charge in [0.1, 0.15) is 0 Å². The van der Waals surface area contributed by atoms with Crippen molar-refractivity contribution in [1.29, 1.82) is 0 Å². The number of nitrogens with zero attached hydrogens (tertiary/aromatic N) is 1. The molecule has 0 aliphatic rings. The summed E-state index contributed by atoms with van der Waals surface area (Å²) in [5.74, 6) is 0. The number of hydrogen-bond donors (Lipinski definition) is 0. The Morgan fingerprint density at radius 2 is 1.94 bits per heavy atom. The van der Waals surface area contributed by atoms with E-state index in [0.717, 1.165) is 15.9 Å². The Morgan fingerprint density at radius 1 is 1.24 bits per heavy atom. The van der Waals surface area contributed by atoms with Gasteiger partial charge in [0.05, 0.1) is 10.5 Å². The fraction of sp³-hybridized carbons (Fsp3) is 0.357. The monoisotopic (exact) mass is 265 g/mol. The predicted octanol–water partition coefficient (Wildman–Crippen LogP) is 5.09. The maximum atomic E-state index is 6.20. The van der Waals surface area contributed by atoms with E-state index in [4.69, 9.17) is 11.6 Å². The first-order valence-corrected chi connectivity index (χ1v) is 6.80. The normalized spacial score (nSPS) is 12.1. The number of halogens is 1. The van der Waals surface area contributed by atoms with E-state index in [2.05, 4.69) is 44.8 Å². The Bertz CT molecular complexity index is 558. The van der Waals surface area contributed by atoms with Gasteiger partial charge in [0.25, 0.3) is 0 Å². The van der Waals surface area contributed by atoms with E-state index in [1.165, 1.54) is 10.5 Å². The van der Waals surface area contributed by atoms with Gasteiger partial charge >= 0.3 is 0 Å². The van der Waals surface area contributed by atoms with Crippen molar-refractivity contribution in [3.05, 3.63) is 35.0 Å². The standard InChI is InChI=1S/C14H16ClNS/c1-9-7-12-10(11(15)5-6-16-12)8-13(9)17-14(2,3)4/h5-8H,1-4H3. The lowest BCUT2D eigenvalue weighted by Crippen LogP contribution is -2.07. The predicted molar refractivity (Wildman–Crippen MR) is 77.1 cm³/mol. The van der Waals surface area contributed by atoms with Crippen LogP contribution in [0.4, 0.5) is 0 Å². The molecule has 0 radical (unpaired) electrons. The number of aryl methyl sites for hydroxylation is 1. The van der Waals surface area contributed by atoms with Crippen LogP contribution in [0.2, 0.25) is 5.02 Å². The Balaban J connectivity index is 2.58. The topological polar surface area (TPSA) is 12.9 Å². The lowest BCUT2D eigenvalue weighted by atomic mass is 10.1. The van der Waals surface area contributed by atoms with Gasteiger partial charge in [0.15, 0.2) is 0 Å². The zero-order valence-electron chi connectivity index (χ0n) is 10.5. The van der Waals surface area contributed by atoms with Crippen molar-refractivity contribution in [2.24, 2.45) is 0 Å². The summed E-state index contributed by atoms with van der Waals surface area (Å²) in [5.41, 5.74) is 2.22. The Labute approximate surface area is 112 Å². The van der Waals surface area contributed by atoms with Crippen LogP contribution >= 0.6 is 23.4 Å². The number of hydrogen-bond acceptors (Lipinski definition) is 2. The molecule has 3 heteroatoms. The first-order chi connectivity index (χ1) is 7.87. The van der Waals surface area contributed by atoms with Crippen molar-refractivity contribution >= 4 is 34.3 Å². The van der Waals surface area contributed by atoms with Gasteiger partial charge in [-0.25, -0.2) is 0 Å². The molecule has 0 spiro atoms. The van der Waals surface area contributed by atoms with Crippen LogP contribution in [0.5, 0.6) is 0 Å². The van der Waals surface area contributed by atoms with Gasteiger partial charge in [0.2, 0.25) is 0 Å². The molecule has 0 aliphatic carbocycles. The van der Waals surface area contributed by atoms with E-state index in [1.807, 2.05) is 17.8 Å². The second kappa shape index (κ2) is 4.51. The fourth-order valence-electron chi connectivity index (χ4n) is 1.68. The highest BCUT2D eigenvalue weighted by molar-refractivity contribution is 8.00. The number of rotatable bonds is 1. The van der Waals surface area contributed by atoms with Gasteiger partial charge in [-0.2, -0.15) is 0 Å². The second-order valence-electron chi connectivity index (χ2n) is 5.14. The van der Waals surface area contributed by atoms with Gasteiger partial charge in [-0.15, -0.1) is 11.8 Å². The van der Waals surface area contributed by atoms with Gasteiger partial charge in [-0.05, 0) is 30.7 Å². The molecule has 0 N–H and O–H groups in total. The molecule has 0 aliphatic heterocycles. The molecule has 0 saturated heterocycles. The molecule has 0 unspecified atom stereocenters. The number of pyridine rings is 1. The second-order valence-corrected chi connectivity index (χ2v) is 7.42. The molecule has 0 bridgehead atoms. The van der Waals surface area contributed by atoms with E-state index in [9.17, 15) is 0 Å². The summed E-state index contributed by atoms with van der Waals surface area (Å²) in [7, 11) is 0. The number of fused-ring (bicyclic) bond motifs is 1. The third-order valence-corrected chi connectivity index (χ3v) is 4.00. The molecule has 1 aromatic carbocycles. The number of thioether (sulfide) groups is 1. The Hall–Kier alpha value is -0.730. The molecule has 2 aromatic rings. The van der Waals surface area contributed by atoms with E-state index in [-0.39, 0.29) is 4.75 Å². The van der Waals surface area contributed by atoms with Crippen LogP contribution in [0.25, 0.3) is 10.9 Å². The summed E-state index contributed by atoms with van der Waals surface area (Å²) in [6.07, 6.45) is 1.75. The zero-order valence-corrected chi connectivity index (χ0v) is 12.1. The molecule has 1 heterocycles. The Morgan fingerprint density at radius 3 is 2.59 bits per heavy atom. The molecule has 2 rings (SSSR count). The maximum absolute atomic E-state index is 6.20. The summed E-state index contributed by atoms with van der Waals surface area (Å²) in [6, 6.07) is 6.09. The van der Waals surface area contributed by atoms with Crippen molar-refractivity contribution in [1.82, 2.24) is 4.98 Å². The van der Waals surface area contributed by atoms with Crippen LogP contribution in [-0.2, 0) is 0 Å². The lowest BCUT2D eigenvalue weighted by Gasteiger charge is -2.19. The van der Waals surface area contributed by atoms with Crippen molar-refractivity contribution < 1.29 is 0 Å². The van der Waals surface area contributed by atoms with Crippen LogP contribution < -0.4 is 0 Å². The van der Waals surface area contributed by atoms with Gasteiger partial charge in [-0.3, -0.25) is 4.98 Å². The van der Waals surface area contributed by atoms with Crippen molar-refractivity contribution in [2.45, 2.75) is 37.3 Å². The molecule has 90 valence electrons. The minimum absolute atomic E-state index is 0.202. The van der Waals surface area contributed by atoms with Crippen molar-refractivity contribution in [3.8, 4) is 0 Å². The largest absolute Gasteiger partial charge is 0.256 e. The third-order valence-electron chi connectivity index (χ3n) is 2.40. The van der Waals surface area contributed by atoms with Gasteiger partial charge < -0.3 is 0 Å². The summed E-state index contributed by atoms with van der Waals surface area (Å²) in [6.45, 7) is 8.76. The third kappa shape index (κ3) is 2.93. The molecule has 1 aromatic heterocycles. The van der Waals surface area contributed by atoms with Crippen LogP contribution in [0.3, 0.4) is 0 Å². The molecule has 17 heavy (non-hydrogen) atoms. The smallest absolute Gasteiger partial charge is 0.0720 e. The highest BCUT2D eigenvalue weighted by Gasteiger charge is 2.15. The minimum atomic E-state index is 0.202. The highest BCUT2D eigenvalue weighted by atomic mass is 35.5. The van der Waals surface area contributed by atoms with Crippen LogP contribution in [0, 0.1) is 6.92 Å². The van der Waals surface area contributed by atoms with E-state index in [0.29, 0.717) is 0 Å². The van der Waals surface area contributed by atoms with Crippen molar-refractivity contribution in [2.75, 3.05) is 0 Å².